The van der Waals surface area contributed by atoms with E-state index in [1.807, 2.05) is 24.3 Å². The van der Waals surface area contributed by atoms with Crippen molar-refractivity contribution < 1.29 is 18.7 Å². The van der Waals surface area contributed by atoms with Crippen LogP contribution in [0.3, 0.4) is 0 Å². The molecule has 1 fully saturated rings. The molecule has 7 heteroatoms. The Morgan fingerprint density at radius 1 is 1.33 bits per heavy atom. The number of ether oxygens (including phenoxy) is 1. The molecule has 5 nitrogen and oxygen atoms in total. The quantitative estimate of drug-likeness (QED) is 0.721. The second kappa shape index (κ2) is 8.08. The molecular formula is C20H20BrFN2O3. The van der Waals surface area contributed by atoms with Crippen molar-refractivity contribution in [1.29, 1.82) is 0 Å². The molecule has 1 heterocycles. The number of carbonyl (C=O) groups is 2. The van der Waals surface area contributed by atoms with Crippen LogP contribution in [0.2, 0.25) is 0 Å². The number of carbonyl (C=O) groups excluding carboxylic acids is 2. The minimum absolute atomic E-state index is 0.0795. The molecule has 0 aromatic heterocycles. The Morgan fingerprint density at radius 2 is 2.07 bits per heavy atom. The highest BCUT2D eigenvalue weighted by molar-refractivity contribution is 9.10. The molecule has 142 valence electrons. The zero-order valence-corrected chi connectivity index (χ0v) is 16.7. The molecule has 0 bridgehead atoms. The first kappa shape index (κ1) is 19.4. The molecule has 1 saturated heterocycles. The van der Waals surface area contributed by atoms with Crippen LogP contribution in [0.25, 0.3) is 0 Å². The average molecular weight is 435 g/mol. The standard InChI is InChI=1S/C20H20BrFN2O3/c1-23(11-13-7-8-18(27-2)16(22)9-13)20(26)14-10-19(25)24(12-14)17-6-4-3-5-15(17)21/h3-9,14H,10-12H2,1-2H3. The molecule has 0 saturated carbocycles. The van der Waals surface area contributed by atoms with Gasteiger partial charge in [0.05, 0.1) is 18.7 Å². The molecule has 3 rings (SSSR count). The molecule has 0 aliphatic carbocycles. The summed E-state index contributed by atoms with van der Waals surface area (Å²) in [6, 6.07) is 12.1. The highest BCUT2D eigenvalue weighted by atomic mass is 79.9. The third kappa shape index (κ3) is 4.13. The van der Waals surface area contributed by atoms with Crippen LogP contribution in [0.5, 0.6) is 5.75 Å². The van der Waals surface area contributed by atoms with Crippen molar-refractivity contribution >= 4 is 33.4 Å². The third-order valence-electron chi connectivity index (χ3n) is 4.63. The summed E-state index contributed by atoms with van der Waals surface area (Å²) in [7, 11) is 3.07. The van der Waals surface area contributed by atoms with E-state index in [0.29, 0.717) is 12.1 Å². The molecule has 2 aromatic rings. The van der Waals surface area contributed by atoms with Crippen LogP contribution in [0.1, 0.15) is 12.0 Å². The van der Waals surface area contributed by atoms with E-state index in [9.17, 15) is 14.0 Å². The Balaban J connectivity index is 1.68. The summed E-state index contributed by atoms with van der Waals surface area (Å²) in [6.45, 7) is 0.598. The largest absolute Gasteiger partial charge is 0.494 e. The lowest BCUT2D eigenvalue weighted by molar-refractivity contribution is -0.135. The molecule has 1 aliphatic heterocycles. The lowest BCUT2D eigenvalue weighted by atomic mass is 10.1. The molecule has 1 aliphatic rings. The molecule has 0 N–H and O–H groups in total. The summed E-state index contributed by atoms with van der Waals surface area (Å²) in [6.07, 6.45) is 0.168. The maximum atomic E-state index is 13.8. The van der Waals surface area contributed by atoms with Crippen LogP contribution in [0.4, 0.5) is 10.1 Å². The van der Waals surface area contributed by atoms with Crippen molar-refractivity contribution in [3.05, 3.63) is 58.3 Å². The fourth-order valence-electron chi connectivity index (χ4n) is 3.25. The predicted molar refractivity (Wildman–Crippen MR) is 104 cm³/mol. The van der Waals surface area contributed by atoms with Crippen molar-refractivity contribution in [2.45, 2.75) is 13.0 Å². The van der Waals surface area contributed by atoms with Crippen LogP contribution >= 0.6 is 15.9 Å². The molecular weight excluding hydrogens is 415 g/mol. The number of hydrogen-bond acceptors (Lipinski definition) is 3. The highest BCUT2D eigenvalue weighted by Crippen LogP contribution is 2.32. The minimum Gasteiger partial charge on any atom is -0.494 e. The van der Waals surface area contributed by atoms with Gasteiger partial charge in [-0.15, -0.1) is 0 Å². The number of nitrogens with zero attached hydrogens (tertiary/aromatic N) is 2. The van der Waals surface area contributed by atoms with E-state index >= 15 is 0 Å². The normalized spacial score (nSPS) is 16.5. The van der Waals surface area contributed by atoms with E-state index in [0.717, 1.165) is 10.2 Å². The van der Waals surface area contributed by atoms with Gasteiger partial charge in [-0.3, -0.25) is 9.59 Å². The van der Waals surface area contributed by atoms with Gasteiger partial charge in [0.1, 0.15) is 0 Å². The van der Waals surface area contributed by atoms with Crippen molar-refractivity contribution in [2.24, 2.45) is 5.92 Å². The summed E-state index contributed by atoms with van der Waals surface area (Å²) in [5.41, 5.74) is 1.42. The molecule has 2 amide bonds. The third-order valence-corrected chi connectivity index (χ3v) is 5.30. The number of halogens is 2. The predicted octanol–water partition coefficient (Wildman–Crippen LogP) is 3.61. The number of para-hydroxylation sites is 1. The number of methoxy groups -OCH3 is 1. The van der Waals surface area contributed by atoms with Gasteiger partial charge in [-0.2, -0.15) is 0 Å². The van der Waals surface area contributed by atoms with E-state index in [4.69, 9.17) is 4.74 Å². The second-order valence-corrected chi connectivity index (χ2v) is 7.37. The summed E-state index contributed by atoms with van der Waals surface area (Å²) >= 11 is 3.45. The summed E-state index contributed by atoms with van der Waals surface area (Å²) in [5.74, 6) is -0.929. The van der Waals surface area contributed by atoms with Crippen molar-refractivity contribution in [1.82, 2.24) is 4.90 Å². The van der Waals surface area contributed by atoms with Crippen LogP contribution in [0.15, 0.2) is 46.9 Å². The molecule has 27 heavy (non-hydrogen) atoms. The fraction of sp³-hybridized carbons (Fsp3) is 0.300. The van der Waals surface area contributed by atoms with Gasteiger partial charge in [0.15, 0.2) is 11.6 Å². The first-order valence-corrected chi connectivity index (χ1v) is 9.32. The van der Waals surface area contributed by atoms with Crippen molar-refractivity contribution in [3.8, 4) is 5.75 Å². The molecule has 2 aromatic carbocycles. The van der Waals surface area contributed by atoms with Gasteiger partial charge in [-0.05, 0) is 45.8 Å². The second-order valence-electron chi connectivity index (χ2n) is 6.52. The topological polar surface area (TPSA) is 49.9 Å². The summed E-state index contributed by atoms with van der Waals surface area (Å²) < 4.78 is 19.6. The number of benzene rings is 2. The van der Waals surface area contributed by atoms with Gasteiger partial charge in [0.2, 0.25) is 11.8 Å². The Hall–Kier alpha value is -2.41. The first-order chi connectivity index (χ1) is 12.9. The summed E-state index contributed by atoms with van der Waals surface area (Å²) in [4.78, 5) is 28.4. The lowest BCUT2D eigenvalue weighted by Gasteiger charge is -2.22. The monoisotopic (exact) mass is 434 g/mol. The van der Waals surface area contributed by atoms with Gasteiger partial charge < -0.3 is 14.5 Å². The van der Waals surface area contributed by atoms with Crippen LogP contribution in [-0.2, 0) is 16.1 Å². The van der Waals surface area contributed by atoms with Gasteiger partial charge in [0, 0.05) is 31.0 Å². The van der Waals surface area contributed by atoms with E-state index in [1.165, 1.54) is 24.1 Å². The first-order valence-electron chi connectivity index (χ1n) is 8.53. The maximum Gasteiger partial charge on any atom is 0.228 e. The van der Waals surface area contributed by atoms with Crippen LogP contribution in [0, 0.1) is 11.7 Å². The van der Waals surface area contributed by atoms with E-state index in [1.54, 1.807) is 18.0 Å². The number of hydrogen-bond donors (Lipinski definition) is 0. The minimum atomic E-state index is -0.466. The van der Waals surface area contributed by atoms with Crippen LogP contribution < -0.4 is 9.64 Å². The molecule has 1 unspecified atom stereocenters. The molecule has 0 radical (unpaired) electrons. The van der Waals surface area contributed by atoms with Crippen molar-refractivity contribution in [2.75, 3.05) is 25.6 Å². The lowest BCUT2D eigenvalue weighted by Crippen LogP contribution is -2.34. The molecule has 1 atom stereocenters. The maximum absolute atomic E-state index is 13.8. The number of amides is 2. The van der Waals surface area contributed by atoms with Crippen molar-refractivity contribution in [3.63, 3.8) is 0 Å². The number of rotatable bonds is 5. The van der Waals surface area contributed by atoms with Gasteiger partial charge >= 0.3 is 0 Å². The fourth-order valence-corrected chi connectivity index (χ4v) is 3.75. The zero-order chi connectivity index (χ0) is 19.6. The van der Waals surface area contributed by atoms with Gasteiger partial charge in [0.25, 0.3) is 0 Å². The SMILES string of the molecule is COc1ccc(CN(C)C(=O)C2CC(=O)N(c3ccccc3Br)C2)cc1F. The Morgan fingerprint density at radius 3 is 2.74 bits per heavy atom. The summed E-state index contributed by atoms with van der Waals surface area (Å²) in [5, 5.41) is 0. The van der Waals surface area contributed by atoms with E-state index in [2.05, 4.69) is 15.9 Å². The Labute approximate surface area is 165 Å². The Bertz CT molecular complexity index is 874. The Kier molecular flexibility index (Phi) is 5.79. The molecule has 0 spiro atoms. The highest BCUT2D eigenvalue weighted by Gasteiger charge is 2.37. The smallest absolute Gasteiger partial charge is 0.228 e. The van der Waals surface area contributed by atoms with Gasteiger partial charge in [-0.25, -0.2) is 4.39 Å². The van der Waals surface area contributed by atoms with E-state index in [-0.39, 0.29) is 30.5 Å². The van der Waals surface area contributed by atoms with E-state index < -0.39 is 11.7 Å². The van der Waals surface area contributed by atoms with Crippen LogP contribution in [-0.4, -0.2) is 37.4 Å². The van der Waals surface area contributed by atoms with Gasteiger partial charge in [-0.1, -0.05) is 18.2 Å². The zero-order valence-electron chi connectivity index (χ0n) is 15.1. The average Bonchev–Trinajstić information content (AvgIpc) is 3.03. The number of anilines is 1.